The Bertz CT molecular complexity index is 389. The summed E-state index contributed by atoms with van der Waals surface area (Å²) in [4.78, 5) is 16.5. The van der Waals surface area contributed by atoms with Crippen molar-refractivity contribution in [2.45, 2.75) is 71.2 Å². The van der Waals surface area contributed by atoms with Crippen molar-refractivity contribution in [2.24, 2.45) is 5.41 Å². The summed E-state index contributed by atoms with van der Waals surface area (Å²) < 4.78 is 5.80. The van der Waals surface area contributed by atoms with Crippen LogP contribution in [-0.2, 0) is 9.53 Å². The number of rotatable bonds is 5. The van der Waals surface area contributed by atoms with Crippen molar-refractivity contribution in [1.82, 2.24) is 9.80 Å². The minimum Gasteiger partial charge on any atom is -0.392 e. The summed E-state index contributed by atoms with van der Waals surface area (Å²) in [5.41, 5.74) is -0.0702. The molecular formula is C17H32N2O3. The van der Waals surface area contributed by atoms with Crippen molar-refractivity contribution < 1.29 is 14.6 Å². The average molecular weight is 312 g/mol. The molecule has 5 heteroatoms. The highest BCUT2D eigenvalue weighted by atomic mass is 16.5. The summed E-state index contributed by atoms with van der Waals surface area (Å²) in [5.74, 6) is 0.182. The highest BCUT2D eigenvalue weighted by Gasteiger charge is 2.56. The lowest BCUT2D eigenvalue weighted by atomic mass is 9.58. The van der Waals surface area contributed by atoms with E-state index >= 15 is 0 Å². The molecule has 1 aliphatic heterocycles. The van der Waals surface area contributed by atoms with E-state index in [-0.39, 0.29) is 35.6 Å². The molecule has 2 aliphatic rings. The molecule has 1 aliphatic carbocycles. The average Bonchev–Trinajstić information content (AvgIpc) is 2.52. The number of piperidine rings is 1. The van der Waals surface area contributed by atoms with Gasteiger partial charge in [-0.2, -0.15) is 0 Å². The second kappa shape index (κ2) is 6.85. The fraction of sp³-hybridized carbons (Fsp3) is 0.941. The van der Waals surface area contributed by atoms with Gasteiger partial charge in [0, 0.05) is 31.5 Å². The van der Waals surface area contributed by atoms with Crippen LogP contribution in [0.1, 0.15) is 47.0 Å². The zero-order valence-electron chi connectivity index (χ0n) is 14.7. The molecule has 1 saturated carbocycles. The number of amides is 1. The van der Waals surface area contributed by atoms with Crippen LogP contribution in [-0.4, -0.2) is 71.8 Å². The van der Waals surface area contributed by atoms with Gasteiger partial charge in [-0.15, -0.1) is 0 Å². The first-order chi connectivity index (χ1) is 10.3. The third kappa shape index (κ3) is 3.03. The van der Waals surface area contributed by atoms with Crippen LogP contribution >= 0.6 is 0 Å². The van der Waals surface area contributed by atoms with Gasteiger partial charge in [0.05, 0.1) is 18.2 Å². The lowest BCUT2D eigenvalue weighted by Crippen LogP contribution is -2.63. The summed E-state index contributed by atoms with van der Waals surface area (Å²) in [6, 6.07) is 0.134. The number of aliphatic hydroxyl groups is 1. The van der Waals surface area contributed by atoms with Crippen LogP contribution in [0.3, 0.4) is 0 Å². The molecule has 3 atom stereocenters. The maximum absolute atomic E-state index is 12.5. The highest BCUT2D eigenvalue weighted by Crippen LogP contribution is 2.51. The van der Waals surface area contributed by atoms with Crippen molar-refractivity contribution in [3.05, 3.63) is 0 Å². The van der Waals surface area contributed by atoms with Gasteiger partial charge in [-0.1, -0.05) is 0 Å². The summed E-state index contributed by atoms with van der Waals surface area (Å²) in [7, 11) is 1.87. The Hall–Kier alpha value is -0.650. The van der Waals surface area contributed by atoms with Gasteiger partial charge in [0.15, 0.2) is 0 Å². The van der Waals surface area contributed by atoms with E-state index in [0.29, 0.717) is 6.61 Å². The Morgan fingerprint density at radius 3 is 2.41 bits per heavy atom. The normalized spacial score (nSPS) is 29.4. The molecule has 1 amide bonds. The van der Waals surface area contributed by atoms with Crippen LogP contribution in [0.2, 0.25) is 0 Å². The van der Waals surface area contributed by atoms with Gasteiger partial charge < -0.3 is 14.7 Å². The number of hydrogen-bond acceptors (Lipinski definition) is 4. The summed E-state index contributed by atoms with van der Waals surface area (Å²) >= 11 is 0. The van der Waals surface area contributed by atoms with Crippen LogP contribution in [0.5, 0.6) is 0 Å². The number of ether oxygens (including phenoxy) is 1. The maximum atomic E-state index is 12.5. The largest absolute Gasteiger partial charge is 0.392 e. The predicted octanol–water partition coefficient (Wildman–Crippen LogP) is 1.49. The van der Waals surface area contributed by atoms with E-state index in [1.807, 2.05) is 39.6 Å². The molecule has 0 bridgehead atoms. The fourth-order valence-corrected chi connectivity index (χ4v) is 3.85. The Kier molecular flexibility index (Phi) is 5.51. The van der Waals surface area contributed by atoms with Crippen LogP contribution < -0.4 is 0 Å². The van der Waals surface area contributed by atoms with Crippen LogP contribution in [0.4, 0.5) is 0 Å². The first-order valence-corrected chi connectivity index (χ1v) is 8.64. The van der Waals surface area contributed by atoms with Crippen molar-refractivity contribution in [2.75, 3.05) is 26.7 Å². The summed E-state index contributed by atoms with van der Waals surface area (Å²) in [6.45, 7) is 10.5. The number of likely N-dealkylation sites (N-methyl/N-ethyl adjacent to an activating group) is 1. The molecule has 2 fully saturated rings. The predicted molar refractivity (Wildman–Crippen MR) is 86.6 cm³/mol. The summed E-state index contributed by atoms with van der Waals surface area (Å²) in [6.07, 6.45) is 2.55. The second-order valence-corrected chi connectivity index (χ2v) is 7.18. The van der Waals surface area contributed by atoms with E-state index in [1.165, 1.54) is 0 Å². The number of carbonyl (C=O) groups is 1. The van der Waals surface area contributed by atoms with Crippen LogP contribution in [0.15, 0.2) is 0 Å². The molecule has 0 radical (unpaired) electrons. The molecule has 128 valence electrons. The minimum absolute atomic E-state index is 0.0702. The van der Waals surface area contributed by atoms with Crippen molar-refractivity contribution in [3.8, 4) is 0 Å². The van der Waals surface area contributed by atoms with Crippen LogP contribution in [0.25, 0.3) is 0 Å². The molecule has 0 aromatic heterocycles. The van der Waals surface area contributed by atoms with Gasteiger partial charge in [0.25, 0.3) is 0 Å². The Balaban J connectivity index is 1.93. The Morgan fingerprint density at radius 2 is 1.95 bits per heavy atom. The highest BCUT2D eigenvalue weighted by molar-refractivity contribution is 5.81. The van der Waals surface area contributed by atoms with Gasteiger partial charge in [0.2, 0.25) is 5.91 Å². The molecule has 0 aromatic carbocycles. The maximum Gasteiger partial charge on any atom is 0.239 e. The third-order valence-electron chi connectivity index (χ3n) is 5.87. The lowest BCUT2D eigenvalue weighted by molar-refractivity contribution is -0.211. The number of aliphatic hydroxyl groups excluding tert-OH is 1. The monoisotopic (exact) mass is 312 g/mol. The molecule has 1 N–H and O–H groups in total. The molecular weight excluding hydrogens is 280 g/mol. The van der Waals surface area contributed by atoms with E-state index in [1.54, 1.807) is 0 Å². The third-order valence-corrected chi connectivity index (χ3v) is 5.87. The van der Waals surface area contributed by atoms with E-state index in [0.717, 1.165) is 32.4 Å². The van der Waals surface area contributed by atoms with Gasteiger partial charge in [-0.3, -0.25) is 9.69 Å². The minimum atomic E-state index is -0.240. The standard InChI is InChI=1S/C17H32N2O3/c1-6-22-15-11-14(20)17(15)7-9-19(10-8-17)13(4)16(21)18(5)12(2)3/h12-15,20H,6-11H2,1-5H3. The molecule has 3 unspecified atom stereocenters. The van der Waals surface area contributed by atoms with Crippen molar-refractivity contribution in [1.29, 1.82) is 0 Å². The molecule has 22 heavy (non-hydrogen) atoms. The lowest BCUT2D eigenvalue weighted by Gasteiger charge is -2.57. The topological polar surface area (TPSA) is 53.0 Å². The van der Waals surface area contributed by atoms with E-state index in [2.05, 4.69) is 4.90 Å². The number of nitrogens with zero attached hydrogens (tertiary/aromatic N) is 2. The molecule has 1 spiro atoms. The van der Waals surface area contributed by atoms with Crippen LogP contribution in [0, 0.1) is 5.41 Å². The Labute approximate surface area is 134 Å². The van der Waals surface area contributed by atoms with Gasteiger partial charge >= 0.3 is 0 Å². The van der Waals surface area contributed by atoms with Gasteiger partial charge in [-0.25, -0.2) is 0 Å². The quantitative estimate of drug-likeness (QED) is 0.836. The second-order valence-electron chi connectivity index (χ2n) is 7.18. The number of likely N-dealkylation sites (tertiary alicyclic amines) is 1. The van der Waals surface area contributed by atoms with Crippen molar-refractivity contribution >= 4 is 5.91 Å². The molecule has 2 rings (SSSR count). The number of hydrogen-bond donors (Lipinski definition) is 1. The Morgan fingerprint density at radius 1 is 1.36 bits per heavy atom. The van der Waals surface area contributed by atoms with E-state index in [9.17, 15) is 9.90 Å². The number of carbonyl (C=O) groups excluding carboxylic acids is 1. The van der Waals surface area contributed by atoms with E-state index < -0.39 is 0 Å². The summed E-state index contributed by atoms with van der Waals surface area (Å²) in [5, 5.41) is 10.2. The molecule has 1 heterocycles. The fourth-order valence-electron chi connectivity index (χ4n) is 3.85. The zero-order valence-corrected chi connectivity index (χ0v) is 14.7. The SMILES string of the molecule is CCOC1CC(O)C12CCN(C(C)C(=O)N(C)C(C)C)CC2. The van der Waals surface area contributed by atoms with Crippen molar-refractivity contribution in [3.63, 3.8) is 0 Å². The first-order valence-electron chi connectivity index (χ1n) is 8.64. The molecule has 1 saturated heterocycles. The zero-order chi connectivity index (χ0) is 16.5. The van der Waals surface area contributed by atoms with Gasteiger partial charge in [-0.05, 0) is 53.6 Å². The molecule has 5 nitrogen and oxygen atoms in total. The first kappa shape index (κ1) is 17.7. The smallest absolute Gasteiger partial charge is 0.239 e. The van der Waals surface area contributed by atoms with Gasteiger partial charge in [0.1, 0.15) is 0 Å². The molecule has 0 aromatic rings. The van der Waals surface area contributed by atoms with E-state index in [4.69, 9.17) is 4.74 Å².